The molecule has 1 heteroatoms. The minimum absolute atomic E-state index is 0.354. The third kappa shape index (κ3) is 4.28. The van der Waals surface area contributed by atoms with E-state index in [1.807, 2.05) is 0 Å². The van der Waals surface area contributed by atoms with Crippen molar-refractivity contribution in [3.63, 3.8) is 0 Å². The molecule has 1 rings (SSSR count). The zero-order valence-electron chi connectivity index (χ0n) is 12.7. The van der Waals surface area contributed by atoms with Crippen molar-refractivity contribution in [3.05, 3.63) is 6.42 Å². The Kier molecular flexibility index (Phi) is 5.50. The fraction of sp³-hybridized carbons (Fsp3) is 0.938. The van der Waals surface area contributed by atoms with Crippen molar-refractivity contribution in [1.29, 1.82) is 0 Å². The quantitative estimate of drug-likeness (QED) is 0.600. The lowest BCUT2D eigenvalue weighted by Crippen LogP contribution is -2.58. The minimum Gasteiger partial charge on any atom is -0.293 e. The Morgan fingerprint density at radius 2 is 1.41 bits per heavy atom. The van der Waals surface area contributed by atoms with Gasteiger partial charge in [-0.2, -0.15) is 0 Å². The van der Waals surface area contributed by atoms with Crippen LogP contribution in [0.4, 0.5) is 0 Å². The topological polar surface area (TPSA) is 3.24 Å². The predicted octanol–water partition coefficient (Wildman–Crippen LogP) is 4.81. The highest BCUT2D eigenvalue weighted by atomic mass is 15.3. The van der Waals surface area contributed by atoms with Gasteiger partial charge in [0.1, 0.15) is 0 Å². The molecule has 17 heavy (non-hydrogen) atoms. The normalized spacial score (nSPS) is 23.8. The van der Waals surface area contributed by atoms with E-state index in [1.165, 1.54) is 51.5 Å². The molecule has 101 valence electrons. The van der Waals surface area contributed by atoms with E-state index in [2.05, 4.69) is 45.9 Å². The number of piperidine rings is 1. The van der Waals surface area contributed by atoms with Crippen LogP contribution in [-0.2, 0) is 0 Å². The largest absolute Gasteiger partial charge is 0.293 e. The summed E-state index contributed by atoms with van der Waals surface area (Å²) in [6.45, 7) is 13.2. The van der Waals surface area contributed by atoms with Crippen molar-refractivity contribution in [2.75, 3.05) is 6.54 Å². The Balaban J connectivity index is 2.41. The van der Waals surface area contributed by atoms with Crippen LogP contribution >= 0.6 is 0 Å². The lowest BCUT2D eigenvalue weighted by molar-refractivity contribution is -0.00906. The van der Waals surface area contributed by atoms with Gasteiger partial charge in [-0.1, -0.05) is 32.6 Å². The second-order valence-electron chi connectivity index (χ2n) is 6.89. The van der Waals surface area contributed by atoms with E-state index < -0.39 is 0 Å². The van der Waals surface area contributed by atoms with Crippen molar-refractivity contribution in [2.45, 2.75) is 90.6 Å². The standard InChI is InChI=1S/C16H32N/c1-6-7-8-9-10-14-17-15(2,3)12-11-13-16(17,4)5/h11H,6-10,12-14H2,1-5H3. The molecular weight excluding hydrogens is 206 g/mol. The van der Waals surface area contributed by atoms with Crippen LogP contribution in [0.1, 0.15) is 79.6 Å². The molecular formula is C16H32N. The highest BCUT2D eigenvalue weighted by Gasteiger charge is 2.40. The summed E-state index contributed by atoms with van der Waals surface area (Å²) in [7, 11) is 0. The van der Waals surface area contributed by atoms with Crippen molar-refractivity contribution in [3.8, 4) is 0 Å². The number of hydrogen-bond donors (Lipinski definition) is 0. The van der Waals surface area contributed by atoms with E-state index in [9.17, 15) is 0 Å². The van der Waals surface area contributed by atoms with E-state index in [-0.39, 0.29) is 0 Å². The predicted molar refractivity (Wildman–Crippen MR) is 77.2 cm³/mol. The van der Waals surface area contributed by atoms with Crippen LogP contribution in [0.2, 0.25) is 0 Å². The van der Waals surface area contributed by atoms with Crippen molar-refractivity contribution in [1.82, 2.24) is 4.90 Å². The molecule has 0 atom stereocenters. The molecule has 0 bridgehead atoms. The average Bonchev–Trinajstić information content (AvgIpc) is 2.20. The third-order valence-corrected chi connectivity index (χ3v) is 4.23. The number of likely N-dealkylation sites (tertiary alicyclic amines) is 1. The molecule has 1 saturated heterocycles. The van der Waals surface area contributed by atoms with Gasteiger partial charge in [-0.15, -0.1) is 0 Å². The summed E-state index contributed by atoms with van der Waals surface area (Å²) in [5.41, 5.74) is 0.707. The van der Waals surface area contributed by atoms with Gasteiger partial charge in [-0.05, 0) is 59.9 Å². The van der Waals surface area contributed by atoms with E-state index in [0.29, 0.717) is 11.1 Å². The summed E-state index contributed by atoms with van der Waals surface area (Å²) in [4.78, 5) is 2.74. The zero-order valence-corrected chi connectivity index (χ0v) is 12.7. The Hall–Kier alpha value is -0.0400. The molecule has 0 unspecified atom stereocenters. The maximum absolute atomic E-state index is 2.74. The number of unbranched alkanes of at least 4 members (excludes halogenated alkanes) is 4. The smallest absolute Gasteiger partial charge is 0.0161 e. The van der Waals surface area contributed by atoms with E-state index in [0.717, 1.165) is 0 Å². The van der Waals surface area contributed by atoms with Crippen molar-refractivity contribution < 1.29 is 0 Å². The summed E-state index contributed by atoms with van der Waals surface area (Å²) in [6, 6.07) is 0. The monoisotopic (exact) mass is 238 g/mol. The Morgan fingerprint density at radius 3 is 1.94 bits per heavy atom. The van der Waals surface area contributed by atoms with Crippen LogP contribution in [0.5, 0.6) is 0 Å². The van der Waals surface area contributed by atoms with Gasteiger partial charge in [0, 0.05) is 11.1 Å². The van der Waals surface area contributed by atoms with Crippen LogP contribution in [0.25, 0.3) is 0 Å². The maximum atomic E-state index is 2.74. The molecule has 1 fully saturated rings. The summed E-state index contributed by atoms with van der Waals surface area (Å²) in [6.07, 6.45) is 11.9. The Labute approximate surface area is 109 Å². The van der Waals surface area contributed by atoms with E-state index >= 15 is 0 Å². The van der Waals surface area contributed by atoms with Gasteiger partial charge in [0.15, 0.2) is 0 Å². The Morgan fingerprint density at radius 1 is 0.882 bits per heavy atom. The lowest BCUT2D eigenvalue weighted by atomic mass is 9.79. The molecule has 1 aliphatic heterocycles. The second kappa shape index (κ2) is 6.22. The molecule has 0 aromatic rings. The molecule has 0 aliphatic carbocycles. The van der Waals surface area contributed by atoms with E-state index in [1.54, 1.807) is 0 Å². The first-order valence-corrected chi connectivity index (χ1v) is 7.49. The Bertz CT molecular complexity index is 202. The maximum Gasteiger partial charge on any atom is 0.0161 e. The fourth-order valence-electron chi connectivity index (χ4n) is 3.30. The van der Waals surface area contributed by atoms with Gasteiger partial charge in [0.2, 0.25) is 0 Å². The van der Waals surface area contributed by atoms with Gasteiger partial charge in [0.05, 0.1) is 0 Å². The first-order chi connectivity index (χ1) is 7.90. The fourth-order valence-corrected chi connectivity index (χ4v) is 3.30. The molecule has 0 aromatic carbocycles. The lowest BCUT2D eigenvalue weighted by Gasteiger charge is -2.53. The van der Waals surface area contributed by atoms with Gasteiger partial charge >= 0.3 is 0 Å². The highest BCUT2D eigenvalue weighted by Crippen LogP contribution is 2.37. The first-order valence-electron chi connectivity index (χ1n) is 7.49. The van der Waals surface area contributed by atoms with Crippen LogP contribution in [-0.4, -0.2) is 22.5 Å². The van der Waals surface area contributed by atoms with Crippen LogP contribution in [0.15, 0.2) is 0 Å². The second-order valence-corrected chi connectivity index (χ2v) is 6.89. The third-order valence-electron chi connectivity index (χ3n) is 4.23. The summed E-state index contributed by atoms with van der Waals surface area (Å²) in [5, 5.41) is 0. The summed E-state index contributed by atoms with van der Waals surface area (Å²) >= 11 is 0. The number of rotatable bonds is 6. The molecule has 0 N–H and O–H groups in total. The van der Waals surface area contributed by atoms with Crippen LogP contribution in [0.3, 0.4) is 0 Å². The molecule has 1 heterocycles. The van der Waals surface area contributed by atoms with Gasteiger partial charge in [0.25, 0.3) is 0 Å². The SMILES string of the molecule is CCCCCCCN1C(C)(C)C[CH]CC1(C)C. The van der Waals surface area contributed by atoms with Crippen molar-refractivity contribution >= 4 is 0 Å². The van der Waals surface area contributed by atoms with Crippen LogP contribution in [0, 0.1) is 6.42 Å². The minimum atomic E-state index is 0.354. The first kappa shape index (κ1) is 15.0. The van der Waals surface area contributed by atoms with Gasteiger partial charge < -0.3 is 0 Å². The van der Waals surface area contributed by atoms with Gasteiger partial charge in [-0.25, -0.2) is 0 Å². The van der Waals surface area contributed by atoms with E-state index in [4.69, 9.17) is 0 Å². The molecule has 0 spiro atoms. The molecule has 1 nitrogen and oxygen atoms in total. The zero-order chi connectivity index (χ0) is 12.9. The number of hydrogen-bond acceptors (Lipinski definition) is 1. The molecule has 0 amide bonds. The summed E-state index contributed by atoms with van der Waals surface area (Å²) < 4.78 is 0. The average molecular weight is 238 g/mol. The van der Waals surface area contributed by atoms with Gasteiger partial charge in [-0.3, -0.25) is 4.90 Å². The summed E-state index contributed by atoms with van der Waals surface area (Å²) in [5.74, 6) is 0. The number of nitrogens with zero attached hydrogens (tertiary/aromatic N) is 1. The van der Waals surface area contributed by atoms with Crippen LogP contribution < -0.4 is 0 Å². The highest BCUT2D eigenvalue weighted by molar-refractivity contribution is 5.02. The molecule has 0 saturated carbocycles. The molecule has 1 aliphatic rings. The van der Waals surface area contributed by atoms with Crippen molar-refractivity contribution in [2.24, 2.45) is 0 Å². The molecule has 1 radical (unpaired) electrons. The molecule has 0 aromatic heterocycles.